The Bertz CT molecular complexity index is 758. The van der Waals surface area contributed by atoms with Crippen molar-refractivity contribution in [1.29, 1.82) is 0 Å². The van der Waals surface area contributed by atoms with Crippen molar-refractivity contribution in [2.24, 2.45) is 0 Å². The molecule has 0 saturated heterocycles. The van der Waals surface area contributed by atoms with Gasteiger partial charge in [0, 0.05) is 12.2 Å². The third-order valence-corrected chi connectivity index (χ3v) is 3.27. The van der Waals surface area contributed by atoms with E-state index in [4.69, 9.17) is 0 Å². The largest absolute Gasteiger partial charge is 0.416 e. The fraction of sp³-hybridized carbons (Fsp3) is 0.176. The minimum Gasteiger partial charge on any atom is -0.347 e. The minimum absolute atomic E-state index is 0.125. The summed E-state index contributed by atoms with van der Waals surface area (Å²) in [5.74, 6) is -2.42. The van der Waals surface area contributed by atoms with E-state index in [9.17, 15) is 27.2 Å². The normalized spacial score (nSPS) is 11.0. The zero-order chi connectivity index (χ0) is 18.4. The molecule has 0 radical (unpaired) electrons. The summed E-state index contributed by atoms with van der Waals surface area (Å²) < 4.78 is 50.6. The summed E-state index contributed by atoms with van der Waals surface area (Å²) in [5.41, 5.74) is -0.296. The third kappa shape index (κ3) is 5.59. The summed E-state index contributed by atoms with van der Waals surface area (Å²) in [6, 6.07) is 9.62. The highest BCUT2D eigenvalue weighted by Crippen LogP contribution is 2.30. The second-order valence-electron chi connectivity index (χ2n) is 5.17. The molecule has 0 aliphatic heterocycles. The summed E-state index contributed by atoms with van der Waals surface area (Å²) in [4.78, 5) is 23.4. The molecule has 2 rings (SSSR count). The van der Waals surface area contributed by atoms with Crippen molar-refractivity contribution < 1.29 is 27.2 Å². The molecule has 0 spiro atoms. The van der Waals surface area contributed by atoms with Gasteiger partial charge in [0.2, 0.25) is 0 Å². The predicted octanol–water partition coefficient (Wildman–Crippen LogP) is 3.14. The number of carbonyl (C=O) groups excluding carboxylic acids is 2. The van der Waals surface area contributed by atoms with Crippen molar-refractivity contribution in [3.8, 4) is 0 Å². The fourth-order valence-corrected chi connectivity index (χ4v) is 2.01. The molecule has 0 aromatic heterocycles. The van der Waals surface area contributed by atoms with Crippen molar-refractivity contribution in [3.63, 3.8) is 0 Å². The Hall–Kier alpha value is -2.90. The number of halogens is 4. The van der Waals surface area contributed by atoms with Gasteiger partial charge in [-0.2, -0.15) is 13.2 Å². The van der Waals surface area contributed by atoms with Gasteiger partial charge in [0.05, 0.1) is 5.56 Å². The maximum atomic E-state index is 12.8. The van der Waals surface area contributed by atoms with Gasteiger partial charge in [-0.05, 0) is 42.3 Å². The fourth-order valence-electron chi connectivity index (χ4n) is 2.01. The highest BCUT2D eigenvalue weighted by Gasteiger charge is 2.30. The van der Waals surface area contributed by atoms with E-state index in [1.807, 2.05) is 0 Å². The van der Waals surface area contributed by atoms with Crippen LogP contribution in [-0.4, -0.2) is 18.4 Å². The number of alkyl halides is 3. The van der Waals surface area contributed by atoms with Gasteiger partial charge in [-0.25, -0.2) is 4.39 Å². The van der Waals surface area contributed by atoms with Crippen LogP contribution in [0.1, 0.15) is 11.1 Å². The van der Waals surface area contributed by atoms with Crippen molar-refractivity contribution >= 4 is 17.5 Å². The number of carbonyl (C=O) groups is 2. The molecule has 25 heavy (non-hydrogen) atoms. The summed E-state index contributed by atoms with van der Waals surface area (Å²) in [7, 11) is 0. The second kappa shape index (κ2) is 7.78. The standard InChI is InChI=1S/C17H14F4N2O2/c18-13-6-4-11(5-7-13)8-9-22-15(24)16(25)23-14-3-1-2-12(10-14)17(19,20)21/h1-7,10H,8-9H2,(H,22,24)(H,23,25). The zero-order valence-corrected chi connectivity index (χ0v) is 12.9. The van der Waals surface area contributed by atoms with Crippen LogP contribution in [0.25, 0.3) is 0 Å². The van der Waals surface area contributed by atoms with Gasteiger partial charge in [-0.1, -0.05) is 18.2 Å². The van der Waals surface area contributed by atoms with Gasteiger partial charge in [0.15, 0.2) is 0 Å². The van der Waals surface area contributed by atoms with E-state index in [0.29, 0.717) is 6.42 Å². The van der Waals surface area contributed by atoms with Crippen molar-refractivity contribution in [3.05, 3.63) is 65.5 Å². The van der Waals surface area contributed by atoms with E-state index in [0.717, 1.165) is 23.8 Å². The van der Waals surface area contributed by atoms with Crippen molar-refractivity contribution in [1.82, 2.24) is 5.32 Å². The van der Waals surface area contributed by atoms with Crippen LogP contribution < -0.4 is 10.6 Å². The molecular formula is C17H14F4N2O2. The molecule has 132 valence electrons. The van der Waals surface area contributed by atoms with Gasteiger partial charge >= 0.3 is 18.0 Å². The number of benzene rings is 2. The molecule has 0 fully saturated rings. The number of anilines is 1. The van der Waals surface area contributed by atoms with E-state index in [1.165, 1.54) is 18.2 Å². The van der Waals surface area contributed by atoms with Gasteiger partial charge < -0.3 is 10.6 Å². The lowest BCUT2D eigenvalue weighted by Crippen LogP contribution is -2.36. The molecule has 2 aromatic carbocycles. The van der Waals surface area contributed by atoms with E-state index in [-0.39, 0.29) is 18.0 Å². The Morgan fingerprint density at radius 3 is 2.28 bits per heavy atom. The summed E-state index contributed by atoms with van der Waals surface area (Å²) in [6.45, 7) is 0.125. The SMILES string of the molecule is O=C(NCCc1ccc(F)cc1)C(=O)Nc1cccc(C(F)(F)F)c1. The molecule has 4 nitrogen and oxygen atoms in total. The van der Waals surface area contributed by atoms with Crippen molar-refractivity contribution in [2.45, 2.75) is 12.6 Å². The van der Waals surface area contributed by atoms with Crippen LogP contribution >= 0.6 is 0 Å². The highest BCUT2D eigenvalue weighted by molar-refractivity contribution is 6.39. The molecule has 0 saturated carbocycles. The first-order valence-electron chi connectivity index (χ1n) is 7.26. The minimum atomic E-state index is -4.54. The van der Waals surface area contributed by atoms with Crippen LogP contribution in [0.2, 0.25) is 0 Å². The first-order chi connectivity index (χ1) is 11.8. The molecule has 0 aliphatic carbocycles. The van der Waals surface area contributed by atoms with Crippen LogP contribution in [-0.2, 0) is 22.2 Å². The molecule has 8 heteroatoms. The average Bonchev–Trinajstić information content (AvgIpc) is 2.56. The lowest BCUT2D eigenvalue weighted by Gasteiger charge is -2.10. The Morgan fingerprint density at radius 2 is 1.64 bits per heavy atom. The summed E-state index contributed by atoms with van der Waals surface area (Å²) in [6.07, 6.45) is -4.17. The molecule has 0 atom stereocenters. The summed E-state index contributed by atoms with van der Waals surface area (Å²) in [5, 5.41) is 4.45. The second-order valence-corrected chi connectivity index (χ2v) is 5.17. The molecule has 0 unspecified atom stereocenters. The number of hydrogen-bond donors (Lipinski definition) is 2. The Morgan fingerprint density at radius 1 is 0.960 bits per heavy atom. The van der Waals surface area contributed by atoms with E-state index < -0.39 is 23.6 Å². The van der Waals surface area contributed by atoms with E-state index >= 15 is 0 Å². The molecule has 0 bridgehead atoms. The quantitative estimate of drug-likeness (QED) is 0.655. The maximum absolute atomic E-state index is 12.8. The Balaban J connectivity index is 1.86. The zero-order valence-electron chi connectivity index (χ0n) is 12.9. The number of nitrogens with one attached hydrogen (secondary N) is 2. The smallest absolute Gasteiger partial charge is 0.347 e. The van der Waals surface area contributed by atoms with Crippen molar-refractivity contribution in [2.75, 3.05) is 11.9 Å². The van der Waals surface area contributed by atoms with Crippen LogP contribution in [0.5, 0.6) is 0 Å². The first kappa shape index (κ1) is 18.4. The van der Waals surface area contributed by atoms with E-state index in [1.54, 1.807) is 12.1 Å². The summed E-state index contributed by atoms with van der Waals surface area (Å²) >= 11 is 0. The van der Waals surface area contributed by atoms with Crippen LogP contribution in [0.15, 0.2) is 48.5 Å². The topological polar surface area (TPSA) is 58.2 Å². The molecule has 2 N–H and O–H groups in total. The molecular weight excluding hydrogens is 340 g/mol. The molecule has 0 heterocycles. The van der Waals surface area contributed by atoms with Crippen LogP contribution in [0.4, 0.5) is 23.2 Å². The van der Waals surface area contributed by atoms with Gasteiger partial charge in [0.1, 0.15) is 5.82 Å². The number of amides is 2. The van der Waals surface area contributed by atoms with E-state index in [2.05, 4.69) is 10.6 Å². The lowest BCUT2D eigenvalue weighted by atomic mass is 10.1. The maximum Gasteiger partial charge on any atom is 0.416 e. The van der Waals surface area contributed by atoms with Crippen LogP contribution in [0, 0.1) is 5.82 Å². The lowest BCUT2D eigenvalue weighted by molar-refractivity contribution is -0.137. The number of hydrogen-bond acceptors (Lipinski definition) is 2. The van der Waals surface area contributed by atoms with Gasteiger partial charge in [0.25, 0.3) is 0 Å². The van der Waals surface area contributed by atoms with Gasteiger partial charge in [-0.3, -0.25) is 9.59 Å². The van der Waals surface area contributed by atoms with Gasteiger partial charge in [-0.15, -0.1) is 0 Å². The highest BCUT2D eigenvalue weighted by atomic mass is 19.4. The first-order valence-corrected chi connectivity index (χ1v) is 7.26. The Labute approximate surface area is 140 Å². The number of rotatable bonds is 4. The third-order valence-electron chi connectivity index (χ3n) is 3.27. The monoisotopic (exact) mass is 354 g/mol. The molecule has 0 aliphatic rings. The van der Waals surface area contributed by atoms with Crippen LogP contribution in [0.3, 0.4) is 0 Å². The Kier molecular flexibility index (Phi) is 5.74. The molecule has 2 amide bonds. The predicted molar refractivity (Wildman–Crippen MR) is 83.2 cm³/mol. The molecule has 2 aromatic rings. The average molecular weight is 354 g/mol.